The van der Waals surface area contributed by atoms with Crippen LogP contribution in [-0.4, -0.2) is 30.9 Å². The number of hydrogen-bond donors (Lipinski definition) is 2. The number of fused-ring (bicyclic) bond motifs is 1. The summed E-state index contributed by atoms with van der Waals surface area (Å²) in [6, 6.07) is 7.09. The van der Waals surface area contributed by atoms with Crippen molar-refractivity contribution in [2.24, 2.45) is 0 Å². The molecule has 0 unspecified atom stereocenters. The third-order valence-electron chi connectivity index (χ3n) is 2.63. The zero-order valence-corrected chi connectivity index (χ0v) is 10.6. The molecule has 0 radical (unpaired) electrons. The third kappa shape index (κ3) is 3.74. The van der Waals surface area contributed by atoms with E-state index in [0.29, 0.717) is 11.2 Å². The van der Waals surface area contributed by atoms with Crippen LogP contribution in [0.5, 0.6) is 0 Å². The lowest BCUT2D eigenvalue weighted by atomic mass is 10.1. The summed E-state index contributed by atoms with van der Waals surface area (Å²) in [5.74, 6) is 0. The highest BCUT2D eigenvalue weighted by molar-refractivity contribution is 5.98. The summed E-state index contributed by atoms with van der Waals surface area (Å²) in [5.41, 5.74) is 7.79. The molecule has 0 spiro atoms. The molecule has 0 saturated heterocycles. The summed E-state index contributed by atoms with van der Waals surface area (Å²) in [5, 5.41) is 3.84. The summed E-state index contributed by atoms with van der Waals surface area (Å²) < 4.78 is 40.2. The van der Waals surface area contributed by atoms with Crippen molar-refractivity contribution in [3.05, 3.63) is 30.5 Å². The molecular formula is C13H14F3N3O. The van der Waals surface area contributed by atoms with Gasteiger partial charge in [-0.25, -0.2) is 0 Å². The number of nitrogens with two attached hydrogens (primary N) is 1. The Morgan fingerprint density at radius 1 is 1.25 bits per heavy atom. The Bertz CT molecular complexity index is 587. The highest BCUT2D eigenvalue weighted by Gasteiger charge is 2.27. The molecule has 2 rings (SSSR count). The molecule has 7 heteroatoms. The first-order valence-corrected chi connectivity index (χ1v) is 5.99. The largest absolute Gasteiger partial charge is 0.411 e. The van der Waals surface area contributed by atoms with Gasteiger partial charge in [-0.3, -0.25) is 4.98 Å². The zero-order valence-electron chi connectivity index (χ0n) is 10.6. The molecule has 0 aliphatic rings. The van der Waals surface area contributed by atoms with Gasteiger partial charge < -0.3 is 15.8 Å². The normalized spacial score (nSPS) is 11.8. The number of nitrogens with one attached hydrogen (secondary N) is 1. The lowest BCUT2D eigenvalue weighted by molar-refractivity contribution is -0.172. The van der Waals surface area contributed by atoms with E-state index in [1.54, 1.807) is 24.4 Å². The second-order valence-corrected chi connectivity index (χ2v) is 4.20. The van der Waals surface area contributed by atoms with Crippen LogP contribution >= 0.6 is 0 Å². The van der Waals surface area contributed by atoms with Gasteiger partial charge in [0.05, 0.1) is 17.8 Å². The molecule has 0 aliphatic carbocycles. The van der Waals surface area contributed by atoms with Crippen molar-refractivity contribution in [3.63, 3.8) is 0 Å². The molecule has 20 heavy (non-hydrogen) atoms. The number of hydrogen-bond acceptors (Lipinski definition) is 4. The van der Waals surface area contributed by atoms with E-state index in [2.05, 4.69) is 15.0 Å². The predicted molar refractivity (Wildman–Crippen MR) is 71.5 cm³/mol. The average molecular weight is 285 g/mol. The number of aromatic nitrogens is 1. The fourth-order valence-corrected chi connectivity index (χ4v) is 1.79. The summed E-state index contributed by atoms with van der Waals surface area (Å²) >= 11 is 0. The van der Waals surface area contributed by atoms with Gasteiger partial charge >= 0.3 is 6.18 Å². The number of anilines is 2. The maximum atomic E-state index is 11.9. The van der Waals surface area contributed by atoms with E-state index in [9.17, 15) is 13.2 Å². The lowest BCUT2D eigenvalue weighted by Gasteiger charge is -2.11. The van der Waals surface area contributed by atoms with E-state index in [1.807, 2.05) is 6.07 Å². The van der Waals surface area contributed by atoms with Crippen molar-refractivity contribution in [1.82, 2.24) is 4.98 Å². The second-order valence-electron chi connectivity index (χ2n) is 4.20. The molecule has 1 heterocycles. The Morgan fingerprint density at radius 3 is 2.80 bits per heavy atom. The van der Waals surface area contributed by atoms with Crippen LogP contribution in [0.25, 0.3) is 10.9 Å². The van der Waals surface area contributed by atoms with Gasteiger partial charge in [0.2, 0.25) is 0 Å². The van der Waals surface area contributed by atoms with Gasteiger partial charge in [0.25, 0.3) is 0 Å². The predicted octanol–water partition coefficient (Wildman–Crippen LogP) is 2.81. The molecule has 0 amide bonds. The Hall–Kier alpha value is -2.02. The highest BCUT2D eigenvalue weighted by atomic mass is 19.4. The Kier molecular flexibility index (Phi) is 4.29. The number of rotatable bonds is 5. The smallest absolute Gasteiger partial charge is 0.397 e. The summed E-state index contributed by atoms with van der Waals surface area (Å²) in [7, 11) is 0. The summed E-state index contributed by atoms with van der Waals surface area (Å²) in [4.78, 5) is 4.17. The highest BCUT2D eigenvalue weighted by Crippen LogP contribution is 2.26. The molecule has 0 saturated carbocycles. The van der Waals surface area contributed by atoms with E-state index >= 15 is 0 Å². The number of halogens is 3. The van der Waals surface area contributed by atoms with Crippen LogP contribution in [0.1, 0.15) is 0 Å². The standard InChI is InChI=1S/C13H14F3N3O/c14-13(15,16)8-20-7-6-18-11-4-3-10(17)12-9(11)2-1-5-19-12/h1-5,18H,6-8,17H2. The Labute approximate surface area is 113 Å². The van der Waals surface area contributed by atoms with Crippen molar-refractivity contribution < 1.29 is 17.9 Å². The van der Waals surface area contributed by atoms with Gasteiger partial charge in [-0.05, 0) is 24.3 Å². The maximum absolute atomic E-state index is 11.9. The zero-order chi connectivity index (χ0) is 14.6. The lowest BCUT2D eigenvalue weighted by Crippen LogP contribution is -2.20. The van der Waals surface area contributed by atoms with E-state index in [0.717, 1.165) is 11.1 Å². The number of benzene rings is 1. The maximum Gasteiger partial charge on any atom is 0.411 e. The van der Waals surface area contributed by atoms with E-state index in [-0.39, 0.29) is 13.2 Å². The van der Waals surface area contributed by atoms with Crippen LogP contribution in [0, 0.1) is 0 Å². The minimum absolute atomic E-state index is 0.0361. The number of ether oxygens (including phenoxy) is 1. The van der Waals surface area contributed by atoms with Gasteiger partial charge in [-0.1, -0.05) is 0 Å². The Balaban J connectivity index is 1.95. The molecule has 1 aromatic carbocycles. The van der Waals surface area contributed by atoms with Crippen molar-refractivity contribution in [1.29, 1.82) is 0 Å². The van der Waals surface area contributed by atoms with Gasteiger partial charge in [-0.15, -0.1) is 0 Å². The number of nitrogens with zero attached hydrogens (tertiary/aromatic N) is 1. The fraction of sp³-hybridized carbons (Fsp3) is 0.308. The van der Waals surface area contributed by atoms with Crippen LogP contribution in [0.3, 0.4) is 0 Å². The third-order valence-corrected chi connectivity index (χ3v) is 2.63. The summed E-state index contributed by atoms with van der Waals surface area (Å²) in [6.45, 7) is -1.01. The van der Waals surface area contributed by atoms with Crippen LogP contribution in [-0.2, 0) is 4.74 Å². The first kappa shape index (κ1) is 14.4. The minimum Gasteiger partial charge on any atom is -0.397 e. The van der Waals surface area contributed by atoms with Crippen molar-refractivity contribution >= 4 is 22.3 Å². The molecular weight excluding hydrogens is 271 g/mol. The van der Waals surface area contributed by atoms with Crippen LogP contribution in [0.2, 0.25) is 0 Å². The van der Waals surface area contributed by atoms with Gasteiger partial charge in [-0.2, -0.15) is 13.2 Å². The molecule has 0 atom stereocenters. The number of pyridine rings is 1. The minimum atomic E-state index is -4.29. The molecule has 108 valence electrons. The number of alkyl halides is 3. The Morgan fingerprint density at radius 2 is 2.05 bits per heavy atom. The molecule has 3 N–H and O–H groups in total. The van der Waals surface area contributed by atoms with Crippen molar-refractivity contribution in [2.45, 2.75) is 6.18 Å². The van der Waals surface area contributed by atoms with E-state index < -0.39 is 12.8 Å². The first-order valence-electron chi connectivity index (χ1n) is 5.99. The van der Waals surface area contributed by atoms with Gasteiger partial charge in [0.1, 0.15) is 6.61 Å². The molecule has 4 nitrogen and oxygen atoms in total. The number of nitrogen functional groups attached to an aromatic ring is 1. The van der Waals surface area contributed by atoms with E-state index in [4.69, 9.17) is 5.73 Å². The second kappa shape index (κ2) is 5.96. The SMILES string of the molecule is Nc1ccc(NCCOCC(F)(F)F)c2cccnc12. The summed E-state index contributed by atoms with van der Waals surface area (Å²) in [6.07, 6.45) is -2.66. The topological polar surface area (TPSA) is 60.2 Å². The van der Waals surface area contributed by atoms with Crippen LogP contribution in [0.15, 0.2) is 30.5 Å². The molecule has 0 fully saturated rings. The fourth-order valence-electron chi connectivity index (χ4n) is 1.79. The molecule has 0 aliphatic heterocycles. The van der Waals surface area contributed by atoms with Gasteiger partial charge in [0, 0.05) is 23.8 Å². The molecule has 1 aromatic heterocycles. The van der Waals surface area contributed by atoms with Crippen molar-refractivity contribution in [3.8, 4) is 0 Å². The first-order chi connectivity index (χ1) is 9.47. The molecule has 2 aromatic rings. The average Bonchev–Trinajstić information content (AvgIpc) is 2.40. The van der Waals surface area contributed by atoms with Gasteiger partial charge in [0.15, 0.2) is 0 Å². The quantitative estimate of drug-likeness (QED) is 0.655. The molecule has 0 bridgehead atoms. The monoisotopic (exact) mass is 285 g/mol. The van der Waals surface area contributed by atoms with E-state index in [1.165, 1.54) is 0 Å². The van der Waals surface area contributed by atoms with Crippen molar-refractivity contribution in [2.75, 3.05) is 30.8 Å². The van der Waals surface area contributed by atoms with Crippen LogP contribution < -0.4 is 11.1 Å². The van der Waals surface area contributed by atoms with Crippen LogP contribution in [0.4, 0.5) is 24.5 Å².